The van der Waals surface area contributed by atoms with Crippen LogP contribution in [0.4, 0.5) is 0 Å². The maximum Gasteiger partial charge on any atom is 0.123 e. The average Bonchev–Trinajstić information content (AvgIpc) is 3.03. The van der Waals surface area contributed by atoms with Crippen molar-refractivity contribution in [3.63, 3.8) is 0 Å². The Bertz CT molecular complexity index is 571. The van der Waals surface area contributed by atoms with Gasteiger partial charge in [0.25, 0.3) is 0 Å². The van der Waals surface area contributed by atoms with Crippen molar-refractivity contribution in [2.45, 2.75) is 12.8 Å². The molecule has 4 nitrogen and oxygen atoms in total. The molecule has 19 heavy (non-hydrogen) atoms. The van der Waals surface area contributed by atoms with Gasteiger partial charge in [-0.3, -0.25) is 4.68 Å². The first-order valence-electron chi connectivity index (χ1n) is 6.75. The minimum atomic E-state index is 0.321. The summed E-state index contributed by atoms with van der Waals surface area (Å²) in [4.78, 5) is 0. The number of nitrogens with zero attached hydrogens (tertiary/aromatic N) is 2. The van der Waals surface area contributed by atoms with E-state index in [1.807, 2.05) is 36.1 Å². The van der Waals surface area contributed by atoms with Crippen LogP contribution in [0, 0.1) is 5.92 Å². The third kappa shape index (κ3) is 2.36. The number of aromatic hydroxyl groups is 1. The predicted octanol–water partition coefficient (Wildman–Crippen LogP) is 1.94. The molecule has 3 rings (SSSR count). The van der Waals surface area contributed by atoms with E-state index >= 15 is 0 Å². The Morgan fingerprint density at radius 2 is 2.21 bits per heavy atom. The number of rotatable bonds is 3. The fourth-order valence-electron chi connectivity index (χ4n) is 2.79. The topological polar surface area (TPSA) is 50.1 Å². The second-order valence-electron chi connectivity index (χ2n) is 5.21. The number of benzene rings is 1. The second-order valence-corrected chi connectivity index (χ2v) is 5.21. The van der Waals surface area contributed by atoms with E-state index in [2.05, 4.69) is 10.4 Å². The minimum absolute atomic E-state index is 0.321. The summed E-state index contributed by atoms with van der Waals surface area (Å²) in [6.07, 6.45) is 4.07. The highest BCUT2D eigenvalue weighted by atomic mass is 16.3. The van der Waals surface area contributed by atoms with Gasteiger partial charge < -0.3 is 10.4 Å². The average molecular weight is 257 g/mol. The van der Waals surface area contributed by atoms with E-state index in [9.17, 15) is 5.11 Å². The fourth-order valence-corrected chi connectivity index (χ4v) is 2.79. The standard InChI is InChI=1S/C15H19N3O/c1-18-14(8-11-6-7-16-9-11)13(10-17-18)12-4-2-3-5-15(12)19/h2-5,10-11,16,19H,6-9H2,1H3. The van der Waals surface area contributed by atoms with Crippen LogP contribution in [0.15, 0.2) is 30.5 Å². The molecule has 4 heteroatoms. The summed E-state index contributed by atoms with van der Waals surface area (Å²) < 4.78 is 1.93. The summed E-state index contributed by atoms with van der Waals surface area (Å²) in [5, 5.41) is 17.8. The zero-order valence-corrected chi connectivity index (χ0v) is 11.1. The SMILES string of the molecule is Cn1ncc(-c2ccccc2O)c1CC1CCNC1. The van der Waals surface area contributed by atoms with Crippen molar-refractivity contribution in [2.75, 3.05) is 13.1 Å². The third-order valence-corrected chi connectivity index (χ3v) is 3.90. The number of hydrogen-bond donors (Lipinski definition) is 2. The van der Waals surface area contributed by atoms with Crippen LogP contribution in [0.2, 0.25) is 0 Å². The molecule has 1 aromatic carbocycles. The van der Waals surface area contributed by atoms with Gasteiger partial charge in [0, 0.05) is 23.9 Å². The summed E-state index contributed by atoms with van der Waals surface area (Å²) in [6, 6.07) is 7.46. The van der Waals surface area contributed by atoms with Crippen molar-refractivity contribution in [3.8, 4) is 16.9 Å². The molecule has 0 spiro atoms. The zero-order chi connectivity index (χ0) is 13.2. The quantitative estimate of drug-likeness (QED) is 0.883. The molecule has 1 saturated heterocycles. The summed E-state index contributed by atoms with van der Waals surface area (Å²) in [5.41, 5.74) is 3.12. The number of phenols is 1. The van der Waals surface area contributed by atoms with E-state index in [1.165, 1.54) is 12.1 Å². The highest BCUT2D eigenvalue weighted by Crippen LogP contribution is 2.32. The summed E-state index contributed by atoms with van der Waals surface area (Å²) in [7, 11) is 1.97. The van der Waals surface area contributed by atoms with Crippen LogP contribution in [-0.4, -0.2) is 28.0 Å². The van der Waals surface area contributed by atoms with Gasteiger partial charge in [-0.15, -0.1) is 0 Å². The Balaban J connectivity index is 1.96. The molecule has 1 fully saturated rings. The van der Waals surface area contributed by atoms with Crippen LogP contribution >= 0.6 is 0 Å². The number of nitrogens with one attached hydrogen (secondary N) is 1. The van der Waals surface area contributed by atoms with E-state index in [0.717, 1.165) is 30.6 Å². The van der Waals surface area contributed by atoms with Crippen molar-refractivity contribution in [1.82, 2.24) is 15.1 Å². The van der Waals surface area contributed by atoms with Gasteiger partial charge in [0.2, 0.25) is 0 Å². The molecule has 100 valence electrons. The normalized spacial score (nSPS) is 18.9. The Kier molecular flexibility index (Phi) is 3.25. The number of aromatic nitrogens is 2. The van der Waals surface area contributed by atoms with Gasteiger partial charge in [0.15, 0.2) is 0 Å². The van der Waals surface area contributed by atoms with Gasteiger partial charge in [-0.1, -0.05) is 18.2 Å². The Labute approximate surface area is 113 Å². The van der Waals surface area contributed by atoms with Crippen molar-refractivity contribution < 1.29 is 5.11 Å². The van der Waals surface area contributed by atoms with Crippen molar-refractivity contribution in [1.29, 1.82) is 0 Å². The van der Waals surface area contributed by atoms with Crippen LogP contribution in [0.25, 0.3) is 11.1 Å². The van der Waals surface area contributed by atoms with Gasteiger partial charge in [-0.05, 0) is 37.9 Å². The van der Waals surface area contributed by atoms with Crippen molar-refractivity contribution >= 4 is 0 Å². The molecule has 0 saturated carbocycles. The largest absolute Gasteiger partial charge is 0.507 e. The molecule has 1 aromatic heterocycles. The van der Waals surface area contributed by atoms with Crippen LogP contribution in [0.3, 0.4) is 0 Å². The van der Waals surface area contributed by atoms with Gasteiger partial charge in [0.1, 0.15) is 5.75 Å². The van der Waals surface area contributed by atoms with Crippen LogP contribution in [0.1, 0.15) is 12.1 Å². The Morgan fingerprint density at radius 1 is 1.37 bits per heavy atom. The molecule has 2 aromatic rings. The van der Waals surface area contributed by atoms with E-state index in [1.54, 1.807) is 6.07 Å². The van der Waals surface area contributed by atoms with Gasteiger partial charge in [0.05, 0.1) is 6.20 Å². The summed E-state index contributed by atoms with van der Waals surface area (Å²) in [6.45, 7) is 2.18. The molecular formula is C15H19N3O. The van der Waals surface area contributed by atoms with E-state index in [0.29, 0.717) is 11.7 Å². The molecular weight excluding hydrogens is 238 g/mol. The van der Waals surface area contributed by atoms with Crippen LogP contribution in [0.5, 0.6) is 5.75 Å². The predicted molar refractivity (Wildman–Crippen MR) is 75.0 cm³/mol. The lowest BCUT2D eigenvalue weighted by atomic mass is 9.97. The highest BCUT2D eigenvalue weighted by molar-refractivity contribution is 5.71. The molecule has 1 unspecified atom stereocenters. The molecule has 0 amide bonds. The molecule has 1 aliphatic heterocycles. The lowest BCUT2D eigenvalue weighted by Gasteiger charge is -2.12. The maximum atomic E-state index is 10.0. The van der Waals surface area contributed by atoms with E-state index in [-0.39, 0.29) is 0 Å². The van der Waals surface area contributed by atoms with E-state index in [4.69, 9.17) is 0 Å². The summed E-state index contributed by atoms with van der Waals surface area (Å²) >= 11 is 0. The van der Waals surface area contributed by atoms with E-state index < -0.39 is 0 Å². The minimum Gasteiger partial charge on any atom is -0.507 e. The maximum absolute atomic E-state index is 10.0. The molecule has 0 aliphatic carbocycles. The molecule has 0 radical (unpaired) electrons. The lowest BCUT2D eigenvalue weighted by Crippen LogP contribution is -2.13. The number of hydrogen-bond acceptors (Lipinski definition) is 3. The van der Waals surface area contributed by atoms with Gasteiger partial charge >= 0.3 is 0 Å². The number of phenolic OH excluding ortho intramolecular Hbond substituents is 1. The van der Waals surface area contributed by atoms with Gasteiger partial charge in [-0.25, -0.2) is 0 Å². The first kappa shape index (κ1) is 12.2. The Morgan fingerprint density at radius 3 is 2.95 bits per heavy atom. The first-order chi connectivity index (χ1) is 9.25. The molecule has 2 heterocycles. The zero-order valence-electron chi connectivity index (χ0n) is 11.1. The first-order valence-corrected chi connectivity index (χ1v) is 6.75. The Hall–Kier alpha value is -1.81. The fraction of sp³-hybridized carbons (Fsp3) is 0.400. The molecule has 0 bridgehead atoms. The van der Waals surface area contributed by atoms with Crippen molar-refractivity contribution in [3.05, 3.63) is 36.2 Å². The molecule has 1 atom stereocenters. The van der Waals surface area contributed by atoms with Gasteiger partial charge in [-0.2, -0.15) is 5.10 Å². The molecule has 1 aliphatic rings. The lowest BCUT2D eigenvalue weighted by molar-refractivity contribution is 0.477. The number of para-hydroxylation sites is 1. The highest BCUT2D eigenvalue weighted by Gasteiger charge is 2.20. The van der Waals surface area contributed by atoms with Crippen molar-refractivity contribution in [2.24, 2.45) is 13.0 Å². The second kappa shape index (κ2) is 5.05. The monoisotopic (exact) mass is 257 g/mol. The van der Waals surface area contributed by atoms with Crippen LogP contribution in [-0.2, 0) is 13.5 Å². The molecule has 2 N–H and O–H groups in total. The smallest absolute Gasteiger partial charge is 0.123 e. The number of aryl methyl sites for hydroxylation is 1. The van der Waals surface area contributed by atoms with Crippen LogP contribution < -0.4 is 5.32 Å². The third-order valence-electron chi connectivity index (χ3n) is 3.90. The summed E-state index contributed by atoms with van der Waals surface area (Å²) in [5.74, 6) is 0.987.